The number of rotatable bonds is 7. The second-order valence-corrected chi connectivity index (χ2v) is 7.00. The standard InChI is InChI=1S/C20H15ClFN3O4S/c1-27-16-10-17(28-2)25-20(24-16)30-15-9-5-7-13(21)18(15)19(26)29-23-11-12-6-3-4-8-14(12)22/h3-11H,1-2H3/b23-11+. The highest BCUT2D eigenvalue weighted by molar-refractivity contribution is 7.99. The number of hydrogen-bond acceptors (Lipinski definition) is 8. The van der Waals surface area contributed by atoms with Gasteiger partial charge in [0.1, 0.15) is 5.82 Å². The number of nitrogens with zero attached hydrogens (tertiary/aromatic N) is 3. The van der Waals surface area contributed by atoms with Gasteiger partial charge >= 0.3 is 5.97 Å². The smallest absolute Gasteiger partial charge is 0.368 e. The molecule has 0 bridgehead atoms. The third-order valence-electron chi connectivity index (χ3n) is 3.69. The van der Waals surface area contributed by atoms with Gasteiger partial charge in [-0.05, 0) is 30.0 Å². The van der Waals surface area contributed by atoms with Gasteiger partial charge in [0, 0.05) is 10.5 Å². The van der Waals surface area contributed by atoms with E-state index in [1.807, 2.05) is 0 Å². The molecule has 3 rings (SSSR count). The first kappa shape index (κ1) is 21.5. The summed E-state index contributed by atoms with van der Waals surface area (Å²) in [7, 11) is 2.93. The fourth-order valence-electron chi connectivity index (χ4n) is 2.28. The highest BCUT2D eigenvalue weighted by atomic mass is 35.5. The zero-order valence-corrected chi connectivity index (χ0v) is 17.4. The Morgan fingerprint density at radius 1 is 1.10 bits per heavy atom. The van der Waals surface area contributed by atoms with Gasteiger partial charge in [0.25, 0.3) is 0 Å². The highest BCUT2D eigenvalue weighted by Gasteiger charge is 2.20. The van der Waals surface area contributed by atoms with Crippen LogP contribution in [0.5, 0.6) is 11.8 Å². The van der Waals surface area contributed by atoms with Gasteiger partial charge in [0.15, 0.2) is 5.16 Å². The molecular weight excluding hydrogens is 433 g/mol. The summed E-state index contributed by atoms with van der Waals surface area (Å²) in [6.45, 7) is 0. The minimum atomic E-state index is -0.814. The lowest BCUT2D eigenvalue weighted by Crippen LogP contribution is -2.05. The Morgan fingerprint density at radius 3 is 2.47 bits per heavy atom. The van der Waals surface area contributed by atoms with Crippen molar-refractivity contribution in [2.24, 2.45) is 5.16 Å². The number of benzene rings is 2. The summed E-state index contributed by atoms with van der Waals surface area (Å²) in [5.41, 5.74) is 0.246. The molecule has 0 atom stereocenters. The molecule has 0 N–H and O–H groups in total. The first-order chi connectivity index (χ1) is 14.5. The molecule has 3 aromatic rings. The van der Waals surface area contributed by atoms with E-state index in [1.165, 1.54) is 38.5 Å². The molecular formula is C20H15ClFN3O4S. The lowest BCUT2D eigenvalue weighted by atomic mass is 10.2. The maximum atomic E-state index is 13.6. The zero-order chi connectivity index (χ0) is 21.5. The average Bonchev–Trinajstić information content (AvgIpc) is 2.74. The van der Waals surface area contributed by atoms with Crippen LogP contribution in [0.25, 0.3) is 0 Å². The second-order valence-electron chi connectivity index (χ2n) is 5.59. The van der Waals surface area contributed by atoms with Crippen LogP contribution in [-0.2, 0) is 4.84 Å². The third-order valence-corrected chi connectivity index (χ3v) is 4.93. The second kappa shape index (κ2) is 10.0. The van der Waals surface area contributed by atoms with E-state index in [-0.39, 0.29) is 21.3 Å². The Bertz CT molecular complexity index is 1080. The Balaban J connectivity index is 1.84. The van der Waals surface area contributed by atoms with Crippen molar-refractivity contribution in [1.82, 2.24) is 9.97 Å². The van der Waals surface area contributed by atoms with E-state index < -0.39 is 11.8 Å². The zero-order valence-electron chi connectivity index (χ0n) is 15.8. The van der Waals surface area contributed by atoms with E-state index >= 15 is 0 Å². The van der Waals surface area contributed by atoms with Crippen molar-refractivity contribution in [3.8, 4) is 11.8 Å². The van der Waals surface area contributed by atoms with Crippen LogP contribution >= 0.6 is 23.4 Å². The maximum Gasteiger partial charge on any atom is 0.368 e. The molecule has 10 heteroatoms. The van der Waals surface area contributed by atoms with E-state index in [9.17, 15) is 9.18 Å². The minimum absolute atomic E-state index is 0.0697. The first-order valence-electron chi connectivity index (χ1n) is 8.44. The molecule has 2 aromatic carbocycles. The molecule has 154 valence electrons. The fraction of sp³-hybridized carbons (Fsp3) is 0.100. The predicted octanol–water partition coefficient (Wildman–Crippen LogP) is 4.63. The van der Waals surface area contributed by atoms with Gasteiger partial charge < -0.3 is 14.3 Å². The molecule has 0 saturated carbocycles. The van der Waals surface area contributed by atoms with E-state index in [2.05, 4.69) is 15.1 Å². The van der Waals surface area contributed by atoms with Gasteiger partial charge in [-0.3, -0.25) is 0 Å². The highest BCUT2D eigenvalue weighted by Crippen LogP contribution is 2.34. The molecule has 30 heavy (non-hydrogen) atoms. The molecule has 0 amide bonds. The van der Waals surface area contributed by atoms with E-state index in [1.54, 1.807) is 24.3 Å². The SMILES string of the molecule is COc1cc(OC)nc(Sc2cccc(Cl)c2C(=O)O/N=C/c2ccccc2F)n1. The Labute approximate surface area is 180 Å². The third kappa shape index (κ3) is 5.25. The summed E-state index contributed by atoms with van der Waals surface area (Å²) in [6.07, 6.45) is 1.10. The van der Waals surface area contributed by atoms with Crippen LogP contribution in [-0.4, -0.2) is 36.4 Å². The van der Waals surface area contributed by atoms with Crippen LogP contribution < -0.4 is 9.47 Å². The molecule has 0 fully saturated rings. The number of hydrogen-bond donors (Lipinski definition) is 0. The van der Waals surface area contributed by atoms with Crippen molar-refractivity contribution < 1.29 is 23.5 Å². The van der Waals surface area contributed by atoms with Crippen LogP contribution in [0.4, 0.5) is 4.39 Å². The van der Waals surface area contributed by atoms with Crippen LogP contribution in [0.3, 0.4) is 0 Å². The average molecular weight is 448 g/mol. The fourth-order valence-corrected chi connectivity index (χ4v) is 3.50. The number of oxime groups is 1. The van der Waals surface area contributed by atoms with E-state index in [4.69, 9.17) is 25.9 Å². The molecule has 0 aliphatic carbocycles. The minimum Gasteiger partial charge on any atom is -0.481 e. The van der Waals surface area contributed by atoms with Crippen molar-refractivity contribution in [2.45, 2.75) is 10.1 Å². The van der Waals surface area contributed by atoms with E-state index in [0.29, 0.717) is 16.7 Å². The van der Waals surface area contributed by atoms with Crippen LogP contribution in [0.1, 0.15) is 15.9 Å². The van der Waals surface area contributed by atoms with Gasteiger partial charge in [-0.1, -0.05) is 41.0 Å². The largest absolute Gasteiger partial charge is 0.481 e. The van der Waals surface area contributed by atoms with Gasteiger partial charge in [0.05, 0.1) is 37.1 Å². The van der Waals surface area contributed by atoms with Crippen molar-refractivity contribution >= 4 is 35.5 Å². The predicted molar refractivity (Wildman–Crippen MR) is 110 cm³/mol. The molecule has 0 saturated heterocycles. The normalized spacial score (nSPS) is 10.8. The summed E-state index contributed by atoms with van der Waals surface area (Å²) >= 11 is 7.28. The molecule has 1 heterocycles. The first-order valence-corrected chi connectivity index (χ1v) is 9.64. The summed E-state index contributed by atoms with van der Waals surface area (Å²) in [5.74, 6) is -0.712. The van der Waals surface area contributed by atoms with E-state index in [0.717, 1.165) is 18.0 Å². The number of carbonyl (C=O) groups is 1. The molecule has 0 aliphatic rings. The summed E-state index contributed by atoms with van der Waals surface area (Å²) in [6, 6.07) is 12.3. The summed E-state index contributed by atoms with van der Waals surface area (Å²) < 4.78 is 23.9. The molecule has 1 aromatic heterocycles. The van der Waals surface area contributed by atoms with Gasteiger partial charge in [-0.15, -0.1) is 0 Å². The quantitative estimate of drug-likeness (QED) is 0.226. The maximum absolute atomic E-state index is 13.6. The number of methoxy groups -OCH3 is 2. The Morgan fingerprint density at radius 2 is 1.80 bits per heavy atom. The Kier molecular flexibility index (Phi) is 7.21. The molecule has 0 unspecified atom stereocenters. The van der Waals surface area contributed by atoms with Gasteiger partial charge in [-0.2, -0.15) is 9.97 Å². The van der Waals surface area contributed by atoms with Crippen molar-refractivity contribution in [3.05, 3.63) is 70.5 Å². The number of halogens is 2. The van der Waals surface area contributed by atoms with Crippen LogP contribution in [0.2, 0.25) is 5.02 Å². The lowest BCUT2D eigenvalue weighted by Gasteiger charge is -2.09. The lowest BCUT2D eigenvalue weighted by molar-refractivity contribution is 0.0515. The van der Waals surface area contributed by atoms with Crippen molar-refractivity contribution in [2.75, 3.05) is 14.2 Å². The van der Waals surface area contributed by atoms with Crippen LogP contribution in [0.15, 0.2) is 63.7 Å². The molecule has 7 nitrogen and oxygen atoms in total. The number of aromatic nitrogens is 2. The monoisotopic (exact) mass is 447 g/mol. The van der Waals surface area contributed by atoms with Crippen molar-refractivity contribution in [3.63, 3.8) is 0 Å². The summed E-state index contributed by atoms with van der Waals surface area (Å²) in [4.78, 5) is 26.4. The van der Waals surface area contributed by atoms with Crippen LogP contribution in [0, 0.1) is 5.82 Å². The Hall–Kier alpha value is -3.17. The number of ether oxygens (including phenoxy) is 2. The molecule has 0 spiro atoms. The molecule has 0 aliphatic heterocycles. The topological polar surface area (TPSA) is 82.9 Å². The number of carbonyl (C=O) groups excluding carboxylic acids is 1. The van der Waals surface area contributed by atoms with Gasteiger partial charge in [0.2, 0.25) is 11.8 Å². The summed E-state index contributed by atoms with van der Waals surface area (Å²) in [5, 5.41) is 4.00. The van der Waals surface area contributed by atoms with Gasteiger partial charge in [-0.25, -0.2) is 9.18 Å². The molecule has 0 radical (unpaired) electrons. The van der Waals surface area contributed by atoms with Crippen molar-refractivity contribution in [1.29, 1.82) is 0 Å².